The first-order valence-corrected chi connectivity index (χ1v) is 17.9. The third kappa shape index (κ3) is 15.8. The van der Waals surface area contributed by atoms with Crippen molar-refractivity contribution in [2.24, 2.45) is 28.9 Å². The number of nitrogens with zero attached hydrogens (tertiary/aromatic N) is 2. The second-order valence-electron chi connectivity index (χ2n) is 15.4. The van der Waals surface area contributed by atoms with E-state index in [-0.39, 0.29) is 31.0 Å². The number of nitrogens with one attached hydrogen (secondary N) is 3. The number of Topliss-reactive ketones (excluding diaryl/α,β-unsaturated/α-hetero) is 1. The summed E-state index contributed by atoms with van der Waals surface area (Å²) in [6.07, 6.45) is 9.25. The van der Waals surface area contributed by atoms with Crippen LogP contribution in [-0.2, 0) is 24.0 Å². The van der Waals surface area contributed by atoms with Gasteiger partial charge in [-0.25, -0.2) is 4.79 Å². The van der Waals surface area contributed by atoms with Crippen molar-refractivity contribution < 1.29 is 28.8 Å². The van der Waals surface area contributed by atoms with E-state index in [1.54, 1.807) is 32.7 Å². The van der Waals surface area contributed by atoms with E-state index in [1.165, 1.54) is 37.5 Å². The van der Waals surface area contributed by atoms with Crippen LogP contribution in [-0.4, -0.2) is 89.5 Å². The molecule has 2 aliphatic carbocycles. The second kappa shape index (κ2) is 21.7. The predicted molar refractivity (Wildman–Crippen MR) is 191 cm³/mol. The summed E-state index contributed by atoms with van der Waals surface area (Å²) in [5.74, 6) is -1.64. The van der Waals surface area contributed by atoms with Crippen LogP contribution in [0.25, 0.3) is 0 Å². The summed E-state index contributed by atoms with van der Waals surface area (Å²) in [4.78, 5) is 77.5. The van der Waals surface area contributed by atoms with Gasteiger partial charge in [-0.2, -0.15) is 0 Å². The Morgan fingerprint density at radius 1 is 0.875 bits per heavy atom. The molecule has 12 nitrogen and oxygen atoms in total. The number of hydrogen-bond donors (Lipinski definition) is 4. The summed E-state index contributed by atoms with van der Waals surface area (Å²) < 4.78 is 0. The molecule has 1 heterocycles. The molecule has 0 aromatic carbocycles. The van der Waals surface area contributed by atoms with E-state index in [9.17, 15) is 28.8 Å². The molecule has 1 aliphatic heterocycles. The minimum Gasteiger partial charge on any atom is -0.363 e. The Morgan fingerprint density at radius 3 is 1.73 bits per heavy atom. The summed E-state index contributed by atoms with van der Waals surface area (Å²) in [7, 11) is 1.71. The molecular weight excluding hydrogens is 612 g/mol. The van der Waals surface area contributed by atoms with E-state index in [1.807, 2.05) is 6.92 Å². The zero-order valence-corrected chi connectivity index (χ0v) is 32.0. The van der Waals surface area contributed by atoms with E-state index in [2.05, 4.69) is 57.5 Å². The van der Waals surface area contributed by atoms with Crippen LogP contribution < -0.4 is 21.7 Å². The van der Waals surface area contributed by atoms with Gasteiger partial charge < -0.3 is 31.5 Å². The monoisotopic (exact) mass is 681 g/mol. The quantitative estimate of drug-likeness (QED) is 0.263. The number of carbonyl (C=O) groups is 6. The maximum absolute atomic E-state index is 13.6. The topological polar surface area (TPSA) is 171 Å². The highest BCUT2D eigenvalue weighted by atomic mass is 16.2. The van der Waals surface area contributed by atoms with Gasteiger partial charge in [-0.05, 0) is 55.8 Å². The van der Waals surface area contributed by atoms with Gasteiger partial charge in [-0.3, -0.25) is 24.0 Å². The van der Waals surface area contributed by atoms with Gasteiger partial charge in [0.05, 0.1) is 12.6 Å². The number of likely N-dealkylation sites (N-methyl/N-ethyl adjacent to an activating group) is 1. The second-order valence-corrected chi connectivity index (χ2v) is 15.4. The molecule has 0 spiro atoms. The van der Waals surface area contributed by atoms with Crippen molar-refractivity contribution in [2.75, 3.05) is 20.1 Å². The minimum absolute atomic E-state index is 0.193. The molecule has 2 saturated carbocycles. The predicted octanol–water partition coefficient (Wildman–Crippen LogP) is 4.39. The number of urea groups is 1. The van der Waals surface area contributed by atoms with Crippen molar-refractivity contribution in [3.05, 3.63) is 0 Å². The van der Waals surface area contributed by atoms with E-state index in [0.29, 0.717) is 6.42 Å². The lowest BCUT2D eigenvalue weighted by molar-refractivity contribution is -0.143. The number of hydrogen-bond acceptors (Lipinski definition) is 6. The molecule has 6 amide bonds. The average molecular weight is 681 g/mol. The van der Waals surface area contributed by atoms with E-state index in [0.717, 1.165) is 31.1 Å². The largest absolute Gasteiger partial charge is 0.363 e. The van der Waals surface area contributed by atoms with Crippen LogP contribution in [0.2, 0.25) is 0 Å². The molecule has 0 aromatic rings. The minimum atomic E-state index is -1.16. The molecule has 12 heteroatoms. The lowest BCUT2D eigenvalue weighted by atomic mass is 9.85. The fourth-order valence-corrected chi connectivity index (χ4v) is 5.04. The van der Waals surface area contributed by atoms with Crippen molar-refractivity contribution in [3.8, 4) is 0 Å². The summed E-state index contributed by atoms with van der Waals surface area (Å²) in [5.41, 5.74) is 4.31. The van der Waals surface area contributed by atoms with Gasteiger partial charge in [0, 0.05) is 19.6 Å². The third-order valence-corrected chi connectivity index (χ3v) is 8.44. The van der Waals surface area contributed by atoms with E-state index < -0.39 is 53.1 Å². The number of rotatable bonds is 9. The molecule has 48 heavy (non-hydrogen) atoms. The van der Waals surface area contributed by atoms with Crippen molar-refractivity contribution in [1.29, 1.82) is 0 Å². The molecule has 0 bridgehead atoms. The Balaban J connectivity index is 0.00000156. The maximum Gasteiger partial charge on any atom is 0.315 e. The Bertz CT molecular complexity index is 1050. The smallest absolute Gasteiger partial charge is 0.315 e. The van der Waals surface area contributed by atoms with Crippen LogP contribution in [0.5, 0.6) is 0 Å². The standard InChI is InChI=1S/C24H40N6O6.C5H10.C4H10.C3H8/c1-13-10-11-30(17(13)21(34)27-14(2)18(32)20(25)33)22(35)19(24(3,4)5)28-23(36)26-12-16(31)29(6)15-8-7-9-15;1-5-3-2-4-5;1-4(2)3;1-3-2/h13-15,17,19H,7-12H2,1-6H3,(H2,25,33)(H,27,34)(H2,26,28,36);5H,2-4H2,1H3;4H,1-3H3;3H2,1-2H3/t13?,14?,17-,19?;;;/m0.../s1. The normalized spacial score (nSPS) is 20.0. The number of nitrogens with two attached hydrogens (primary N) is 1. The molecule has 3 aliphatic rings. The molecule has 278 valence electrons. The van der Waals surface area contributed by atoms with Gasteiger partial charge in [0.15, 0.2) is 0 Å². The number of amides is 6. The molecule has 5 N–H and O–H groups in total. The highest BCUT2D eigenvalue weighted by Crippen LogP contribution is 2.29. The molecule has 3 unspecified atom stereocenters. The van der Waals surface area contributed by atoms with Crippen molar-refractivity contribution in [3.63, 3.8) is 0 Å². The molecule has 0 radical (unpaired) electrons. The fraction of sp³-hybridized carbons (Fsp3) is 0.833. The van der Waals surface area contributed by atoms with Gasteiger partial charge in [-0.1, -0.05) is 94.9 Å². The molecule has 4 atom stereocenters. The zero-order valence-electron chi connectivity index (χ0n) is 32.0. The van der Waals surface area contributed by atoms with Crippen LogP contribution in [0, 0.1) is 23.2 Å². The Labute approximate surface area is 290 Å². The van der Waals surface area contributed by atoms with Crippen molar-refractivity contribution in [1.82, 2.24) is 25.8 Å². The summed E-state index contributed by atoms with van der Waals surface area (Å²) >= 11 is 0. The number of ketones is 1. The molecule has 1 saturated heterocycles. The highest BCUT2D eigenvalue weighted by molar-refractivity contribution is 6.37. The van der Waals surface area contributed by atoms with Gasteiger partial charge in [0.2, 0.25) is 23.5 Å². The average Bonchev–Trinajstić information content (AvgIpc) is 3.32. The van der Waals surface area contributed by atoms with Crippen molar-refractivity contribution in [2.45, 2.75) is 152 Å². The summed E-state index contributed by atoms with van der Waals surface area (Å²) in [5, 5.41) is 7.68. The van der Waals surface area contributed by atoms with Gasteiger partial charge in [0.25, 0.3) is 5.91 Å². The maximum atomic E-state index is 13.6. The number of primary amides is 1. The SMILES string of the molecule is CC(C)C.CC(NC(=O)[C@@H]1C(C)CCN1C(=O)C(NC(=O)NCC(=O)N(C)C1CCC1)C(C)(C)C)C(=O)C(N)=O.CC1CCC1.CCC. The lowest BCUT2D eigenvalue weighted by Gasteiger charge is -2.36. The van der Waals surface area contributed by atoms with Crippen LogP contribution in [0.15, 0.2) is 0 Å². The molecular formula is C36H68N6O6. The number of likely N-dealkylation sites (tertiary alicyclic amines) is 1. The first kappa shape index (κ1) is 44.8. The molecule has 0 aromatic heterocycles. The highest BCUT2D eigenvalue weighted by Gasteiger charge is 2.45. The first-order valence-electron chi connectivity index (χ1n) is 17.9. The lowest BCUT2D eigenvalue weighted by Crippen LogP contribution is -2.60. The Hall–Kier alpha value is -3.18. The Morgan fingerprint density at radius 2 is 1.35 bits per heavy atom. The van der Waals surface area contributed by atoms with E-state index in [4.69, 9.17) is 5.73 Å². The van der Waals surface area contributed by atoms with Gasteiger partial charge >= 0.3 is 6.03 Å². The number of carbonyl (C=O) groups excluding carboxylic acids is 6. The first-order chi connectivity index (χ1) is 22.2. The summed E-state index contributed by atoms with van der Waals surface area (Å²) in [6.45, 7) is 21.7. The van der Waals surface area contributed by atoms with Crippen molar-refractivity contribution >= 4 is 35.4 Å². The molecule has 3 rings (SSSR count). The zero-order chi connectivity index (χ0) is 37.4. The van der Waals surface area contributed by atoms with E-state index >= 15 is 0 Å². The Kier molecular flexibility index (Phi) is 20.3. The van der Waals surface area contributed by atoms with Gasteiger partial charge in [0.1, 0.15) is 12.1 Å². The van der Waals surface area contributed by atoms with Crippen LogP contribution >= 0.6 is 0 Å². The fourth-order valence-electron chi connectivity index (χ4n) is 5.04. The van der Waals surface area contributed by atoms with Crippen LogP contribution in [0.1, 0.15) is 128 Å². The van der Waals surface area contributed by atoms with Crippen LogP contribution in [0.4, 0.5) is 4.79 Å². The van der Waals surface area contributed by atoms with Gasteiger partial charge in [-0.15, -0.1) is 0 Å². The molecule has 3 fully saturated rings. The van der Waals surface area contributed by atoms with Crippen LogP contribution in [0.3, 0.4) is 0 Å². The third-order valence-electron chi connectivity index (χ3n) is 8.44. The summed E-state index contributed by atoms with van der Waals surface area (Å²) in [6, 6.07) is -3.45.